The first-order valence-electron chi connectivity index (χ1n) is 7.36. The van der Waals surface area contributed by atoms with Crippen molar-refractivity contribution >= 4 is 0 Å². The normalized spacial score (nSPS) is 13.9. The number of rotatable bonds is 6. The maximum absolute atomic E-state index is 13.1. The zero-order valence-corrected chi connectivity index (χ0v) is 12.5. The Balaban J connectivity index is 2.27. The summed E-state index contributed by atoms with van der Waals surface area (Å²) in [5.74, 6) is 0.0536. The maximum Gasteiger partial charge on any atom is 0.130 e. The Bertz CT molecular complexity index is 550. The van der Waals surface area contributed by atoms with Crippen molar-refractivity contribution in [1.82, 2.24) is 5.32 Å². The van der Waals surface area contributed by atoms with Gasteiger partial charge in [-0.05, 0) is 42.3 Å². The molecule has 0 bridgehead atoms. The van der Waals surface area contributed by atoms with Crippen LogP contribution < -0.4 is 5.32 Å². The van der Waals surface area contributed by atoms with Gasteiger partial charge in [-0.25, -0.2) is 4.39 Å². The maximum atomic E-state index is 13.1. The molecule has 0 heterocycles. The van der Waals surface area contributed by atoms with Gasteiger partial charge in [0.2, 0.25) is 0 Å². The molecule has 2 atom stereocenters. The average Bonchev–Trinajstić information content (AvgIpc) is 2.53. The summed E-state index contributed by atoms with van der Waals surface area (Å²) in [6, 6.07) is 14.7. The number of hydrogen-bond acceptors (Lipinski definition) is 2. The standard InChI is InChI=1S/C18H22FNO/c1-3-4-17(14-9-11-16(19)12-10-14)13-5-7-15(8-6-13)18(21)20-2/h5-12,17-18,20-21H,3-4H2,1-2H3. The van der Waals surface area contributed by atoms with E-state index in [1.54, 1.807) is 7.05 Å². The van der Waals surface area contributed by atoms with E-state index in [1.807, 2.05) is 36.4 Å². The Morgan fingerprint density at radius 1 is 0.952 bits per heavy atom. The highest BCUT2D eigenvalue weighted by Gasteiger charge is 2.14. The summed E-state index contributed by atoms with van der Waals surface area (Å²) in [6.45, 7) is 2.15. The van der Waals surface area contributed by atoms with Gasteiger partial charge in [-0.1, -0.05) is 49.7 Å². The predicted octanol–water partition coefficient (Wildman–Crippen LogP) is 3.97. The molecular weight excluding hydrogens is 265 g/mol. The Kier molecular flexibility index (Phi) is 5.48. The van der Waals surface area contributed by atoms with E-state index in [9.17, 15) is 9.50 Å². The van der Waals surface area contributed by atoms with E-state index in [2.05, 4.69) is 12.2 Å². The van der Waals surface area contributed by atoms with Crippen LogP contribution in [0.4, 0.5) is 4.39 Å². The zero-order chi connectivity index (χ0) is 15.2. The number of nitrogens with one attached hydrogen (secondary N) is 1. The molecule has 0 saturated carbocycles. The average molecular weight is 287 g/mol. The molecule has 0 aliphatic heterocycles. The highest BCUT2D eigenvalue weighted by molar-refractivity contribution is 5.34. The fourth-order valence-corrected chi connectivity index (χ4v) is 2.59. The van der Waals surface area contributed by atoms with Crippen LogP contribution in [0.15, 0.2) is 48.5 Å². The SMILES string of the molecule is CCCC(c1ccc(F)cc1)c1ccc(C(O)NC)cc1. The molecule has 0 aromatic heterocycles. The van der Waals surface area contributed by atoms with Gasteiger partial charge in [-0.2, -0.15) is 0 Å². The molecular formula is C18H22FNO. The first kappa shape index (κ1) is 15.7. The van der Waals surface area contributed by atoms with Crippen LogP contribution in [0.3, 0.4) is 0 Å². The molecule has 0 aliphatic carbocycles. The molecule has 0 fully saturated rings. The van der Waals surface area contributed by atoms with Crippen molar-refractivity contribution in [2.75, 3.05) is 7.05 Å². The molecule has 2 N–H and O–H groups in total. The van der Waals surface area contributed by atoms with Crippen LogP contribution >= 0.6 is 0 Å². The monoisotopic (exact) mass is 287 g/mol. The quantitative estimate of drug-likeness (QED) is 0.788. The van der Waals surface area contributed by atoms with E-state index < -0.39 is 6.23 Å². The van der Waals surface area contributed by atoms with Crippen molar-refractivity contribution in [3.63, 3.8) is 0 Å². The van der Waals surface area contributed by atoms with Gasteiger partial charge < -0.3 is 5.11 Å². The van der Waals surface area contributed by atoms with Gasteiger partial charge in [-0.3, -0.25) is 5.32 Å². The largest absolute Gasteiger partial charge is 0.374 e. The van der Waals surface area contributed by atoms with Crippen molar-refractivity contribution in [2.45, 2.75) is 31.9 Å². The van der Waals surface area contributed by atoms with Crippen LogP contribution in [0.5, 0.6) is 0 Å². The third kappa shape index (κ3) is 3.90. The van der Waals surface area contributed by atoms with Crippen LogP contribution in [-0.2, 0) is 0 Å². The number of benzene rings is 2. The third-order valence-electron chi connectivity index (χ3n) is 3.78. The topological polar surface area (TPSA) is 32.3 Å². The number of aliphatic hydroxyl groups excluding tert-OH is 1. The molecule has 0 radical (unpaired) electrons. The molecule has 2 nitrogen and oxygen atoms in total. The molecule has 2 unspecified atom stereocenters. The Hall–Kier alpha value is -1.71. The number of halogens is 1. The van der Waals surface area contributed by atoms with Gasteiger partial charge in [0.05, 0.1) is 0 Å². The highest BCUT2D eigenvalue weighted by Crippen LogP contribution is 2.30. The van der Waals surface area contributed by atoms with Crippen LogP contribution in [0.1, 0.15) is 48.6 Å². The molecule has 112 valence electrons. The van der Waals surface area contributed by atoms with E-state index in [4.69, 9.17) is 0 Å². The molecule has 0 amide bonds. The molecule has 2 aromatic carbocycles. The smallest absolute Gasteiger partial charge is 0.130 e. The zero-order valence-electron chi connectivity index (χ0n) is 12.5. The molecule has 3 heteroatoms. The van der Waals surface area contributed by atoms with E-state index in [1.165, 1.54) is 17.7 Å². The highest BCUT2D eigenvalue weighted by atomic mass is 19.1. The van der Waals surface area contributed by atoms with Crippen molar-refractivity contribution in [3.05, 3.63) is 71.0 Å². The van der Waals surface area contributed by atoms with E-state index >= 15 is 0 Å². The fraction of sp³-hybridized carbons (Fsp3) is 0.333. The van der Waals surface area contributed by atoms with Crippen molar-refractivity contribution < 1.29 is 9.50 Å². The molecule has 0 spiro atoms. The molecule has 0 saturated heterocycles. The summed E-state index contributed by atoms with van der Waals surface area (Å²) in [7, 11) is 1.72. The van der Waals surface area contributed by atoms with Crippen LogP contribution in [-0.4, -0.2) is 12.2 Å². The van der Waals surface area contributed by atoms with Crippen LogP contribution in [0, 0.1) is 5.82 Å². The molecule has 21 heavy (non-hydrogen) atoms. The molecule has 0 aliphatic rings. The molecule has 2 rings (SSSR count). The summed E-state index contributed by atoms with van der Waals surface area (Å²) in [6.07, 6.45) is 1.43. The third-order valence-corrected chi connectivity index (χ3v) is 3.78. The first-order valence-corrected chi connectivity index (χ1v) is 7.36. The van der Waals surface area contributed by atoms with Crippen molar-refractivity contribution in [3.8, 4) is 0 Å². The summed E-state index contributed by atoms with van der Waals surface area (Å²) >= 11 is 0. The summed E-state index contributed by atoms with van der Waals surface area (Å²) in [5, 5.41) is 12.6. The van der Waals surface area contributed by atoms with Gasteiger partial charge in [0.1, 0.15) is 12.0 Å². The lowest BCUT2D eigenvalue weighted by Gasteiger charge is -2.18. The van der Waals surface area contributed by atoms with E-state index in [0.717, 1.165) is 24.0 Å². The summed E-state index contributed by atoms with van der Waals surface area (Å²) in [5.41, 5.74) is 3.16. The summed E-state index contributed by atoms with van der Waals surface area (Å²) in [4.78, 5) is 0. The minimum absolute atomic E-state index is 0.207. The molecule has 2 aromatic rings. The minimum Gasteiger partial charge on any atom is -0.374 e. The van der Waals surface area contributed by atoms with Gasteiger partial charge in [0.15, 0.2) is 0 Å². The second-order valence-electron chi connectivity index (χ2n) is 5.25. The van der Waals surface area contributed by atoms with Crippen LogP contribution in [0.2, 0.25) is 0 Å². The lowest BCUT2D eigenvalue weighted by atomic mass is 9.87. The van der Waals surface area contributed by atoms with Gasteiger partial charge in [0.25, 0.3) is 0 Å². The second-order valence-corrected chi connectivity index (χ2v) is 5.25. The van der Waals surface area contributed by atoms with E-state index in [0.29, 0.717) is 0 Å². The number of hydrogen-bond donors (Lipinski definition) is 2. The van der Waals surface area contributed by atoms with Gasteiger partial charge >= 0.3 is 0 Å². The lowest BCUT2D eigenvalue weighted by molar-refractivity contribution is 0.149. The Morgan fingerprint density at radius 2 is 1.43 bits per heavy atom. The Morgan fingerprint density at radius 3 is 1.90 bits per heavy atom. The van der Waals surface area contributed by atoms with Gasteiger partial charge in [-0.15, -0.1) is 0 Å². The second kappa shape index (κ2) is 7.34. The number of aliphatic hydroxyl groups is 1. The predicted molar refractivity (Wildman–Crippen MR) is 83.6 cm³/mol. The Labute approximate surface area is 125 Å². The van der Waals surface area contributed by atoms with Gasteiger partial charge in [0, 0.05) is 5.92 Å². The van der Waals surface area contributed by atoms with Crippen LogP contribution in [0.25, 0.3) is 0 Å². The minimum atomic E-state index is -0.644. The van der Waals surface area contributed by atoms with Crippen molar-refractivity contribution in [1.29, 1.82) is 0 Å². The van der Waals surface area contributed by atoms with Crippen molar-refractivity contribution in [2.24, 2.45) is 0 Å². The fourth-order valence-electron chi connectivity index (χ4n) is 2.59. The first-order chi connectivity index (χ1) is 10.2. The summed E-state index contributed by atoms with van der Waals surface area (Å²) < 4.78 is 13.1. The van der Waals surface area contributed by atoms with E-state index in [-0.39, 0.29) is 11.7 Å². The lowest BCUT2D eigenvalue weighted by Crippen LogP contribution is -2.15.